The summed E-state index contributed by atoms with van der Waals surface area (Å²) in [6.45, 7) is 3.40. The van der Waals surface area contributed by atoms with E-state index in [1.165, 1.54) is 11.0 Å². The highest BCUT2D eigenvalue weighted by molar-refractivity contribution is 6.04. The summed E-state index contributed by atoms with van der Waals surface area (Å²) in [5.41, 5.74) is 7.20. The first-order valence-corrected chi connectivity index (χ1v) is 11.1. The van der Waals surface area contributed by atoms with Gasteiger partial charge in [-0.1, -0.05) is 30.3 Å². The highest BCUT2D eigenvalue weighted by Crippen LogP contribution is 2.34. The number of hydrogen-bond donors (Lipinski definition) is 2. The van der Waals surface area contributed by atoms with Crippen LogP contribution in [0.15, 0.2) is 54.6 Å². The summed E-state index contributed by atoms with van der Waals surface area (Å²) >= 11 is 0. The Morgan fingerprint density at radius 2 is 1.72 bits per heavy atom. The number of benzene rings is 2. The smallest absolute Gasteiger partial charge is 0.399 e. The molecule has 0 aliphatic rings. The summed E-state index contributed by atoms with van der Waals surface area (Å²) in [5, 5.41) is 3.63. The topological polar surface area (TPSA) is 97.0 Å². The number of nitrogens with zero attached hydrogens (tertiary/aromatic N) is 4. The molecule has 36 heavy (non-hydrogen) atoms. The molecule has 0 fully saturated rings. The van der Waals surface area contributed by atoms with Crippen LogP contribution < -0.4 is 11.1 Å². The molecule has 2 aromatic heterocycles. The fourth-order valence-corrected chi connectivity index (χ4v) is 3.87. The molecule has 4 aromatic rings. The fraction of sp³-hybridized carbons (Fsp3) is 0.231. The number of aryl methyl sites for hydroxylation is 1. The van der Waals surface area contributed by atoms with Gasteiger partial charge in [0.15, 0.2) is 5.65 Å². The van der Waals surface area contributed by atoms with Crippen LogP contribution in [-0.4, -0.2) is 39.9 Å². The lowest BCUT2D eigenvalue weighted by molar-refractivity contribution is -0.137. The SMILES string of the molecule is Cc1nc(N[C@H](C)c2cc(N)cc(C(F)(F)F)c2)c2cc(C(=O)N(C)C)c(-c3ccccc3)nc2n1. The highest BCUT2D eigenvalue weighted by Gasteiger charge is 2.31. The number of rotatable bonds is 5. The van der Waals surface area contributed by atoms with Crippen molar-refractivity contribution in [3.63, 3.8) is 0 Å². The number of anilines is 2. The van der Waals surface area contributed by atoms with Crippen LogP contribution in [0.2, 0.25) is 0 Å². The van der Waals surface area contributed by atoms with Gasteiger partial charge in [0.05, 0.1) is 28.2 Å². The molecular weight excluding hydrogens is 469 g/mol. The molecular formula is C26H25F3N6O. The fourth-order valence-electron chi connectivity index (χ4n) is 3.87. The first-order valence-electron chi connectivity index (χ1n) is 11.1. The Hall–Kier alpha value is -4.21. The van der Waals surface area contributed by atoms with Crippen LogP contribution in [-0.2, 0) is 6.18 Å². The van der Waals surface area contributed by atoms with Gasteiger partial charge in [-0.25, -0.2) is 15.0 Å². The van der Waals surface area contributed by atoms with E-state index in [4.69, 9.17) is 10.7 Å². The zero-order valence-electron chi connectivity index (χ0n) is 20.2. The molecule has 10 heteroatoms. The number of carbonyl (C=O) groups excluding carboxylic acids is 1. The molecule has 0 saturated carbocycles. The minimum absolute atomic E-state index is 0.00485. The molecule has 0 saturated heterocycles. The Balaban J connectivity index is 1.85. The molecule has 0 radical (unpaired) electrons. The van der Waals surface area contributed by atoms with E-state index < -0.39 is 17.8 Å². The van der Waals surface area contributed by atoms with Gasteiger partial charge in [-0.05, 0) is 43.7 Å². The third kappa shape index (κ3) is 5.07. The molecule has 2 heterocycles. The molecule has 1 atom stereocenters. The van der Waals surface area contributed by atoms with Crippen LogP contribution in [0, 0.1) is 6.92 Å². The molecule has 0 aliphatic carbocycles. The third-order valence-electron chi connectivity index (χ3n) is 5.64. The Bertz CT molecular complexity index is 1440. The number of nitrogens with two attached hydrogens (primary N) is 1. The number of amides is 1. The zero-order chi connectivity index (χ0) is 26.2. The summed E-state index contributed by atoms with van der Waals surface area (Å²) in [5.74, 6) is 0.508. The van der Waals surface area contributed by atoms with E-state index >= 15 is 0 Å². The van der Waals surface area contributed by atoms with Gasteiger partial charge in [0.2, 0.25) is 0 Å². The predicted molar refractivity (Wildman–Crippen MR) is 133 cm³/mol. The Kier molecular flexibility index (Phi) is 6.53. The zero-order valence-corrected chi connectivity index (χ0v) is 20.2. The lowest BCUT2D eigenvalue weighted by atomic mass is 10.0. The molecule has 1 amide bonds. The maximum absolute atomic E-state index is 13.3. The largest absolute Gasteiger partial charge is 0.416 e. The number of nitrogen functional groups attached to an aromatic ring is 1. The van der Waals surface area contributed by atoms with E-state index in [1.54, 1.807) is 34.0 Å². The van der Waals surface area contributed by atoms with Crippen molar-refractivity contribution in [1.29, 1.82) is 0 Å². The molecule has 186 valence electrons. The number of alkyl halides is 3. The van der Waals surface area contributed by atoms with Crippen LogP contribution in [0.1, 0.15) is 40.3 Å². The Labute approximate surface area is 206 Å². The van der Waals surface area contributed by atoms with Gasteiger partial charge in [0, 0.05) is 25.3 Å². The number of pyridine rings is 1. The van der Waals surface area contributed by atoms with Gasteiger partial charge in [-0.15, -0.1) is 0 Å². The molecule has 0 unspecified atom stereocenters. The van der Waals surface area contributed by atoms with Crippen molar-refractivity contribution >= 4 is 28.4 Å². The minimum atomic E-state index is -4.53. The standard InChI is InChI=1S/C26H25F3N6O/c1-14(17-10-18(26(27,28)29)12-19(30)11-17)31-23-21-13-20(25(36)35(3)4)22(16-8-6-5-7-9-16)34-24(21)33-15(2)32-23/h5-14H,30H2,1-4H3,(H,31,32,33,34)/t14-/m1/s1. The monoisotopic (exact) mass is 494 g/mol. The minimum Gasteiger partial charge on any atom is -0.399 e. The Morgan fingerprint density at radius 3 is 2.36 bits per heavy atom. The van der Waals surface area contributed by atoms with Crippen molar-refractivity contribution in [2.75, 3.05) is 25.1 Å². The number of nitrogens with one attached hydrogen (secondary N) is 1. The number of fused-ring (bicyclic) bond motifs is 1. The van der Waals surface area contributed by atoms with E-state index in [0.717, 1.165) is 17.7 Å². The second-order valence-electron chi connectivity index (χ2n) is 8.69. The lowest BCUT2D eigenvalue weighted by Gasteiger charge is -2.20. The van der Waals surface area contributed by atoms with Crippen LogP contribution in [0.4, 0.5) is 24.7 Å². The van der Waals surface area contributed by atoms with Crippen LogP contribution in [0.5, 0.6) is 0 Å². The van der Waals surface area contributed by atoms with Gasteiger partial charge < -0.3 is 16.0 Å². The predicted octanol–water partition coefficient (Wildman–Crippen LogP) is 5.48. The van der Waals surface area contributed by atoms with Crippen molar-refractivity contribution < 1.29 is 18.0 Å². The van der Waals surface area contributed by atoms with Gasteiger partial charge in [0.1, 0.15) is 11.6 Å². The average molecular weight is 495 g/mol. The maximum atomic E-state index is 13.3. The normalized spacial score (nSPS) is 12.4. The van der Waals surface area contributed by atoms with Crippen molar-refractivity contribution in [3.8, 4) is 11.3 Å². The van der Waals surface area contributed by atoms with Gasteiger partial charge >= 0.3 is 6.18 Å². The number of aromatic nitrogens is 3. The summed E-state index contributed by atoms with van der Waals surface area (Å²) in [6.07, 6.45) is -4.53. The van der Waals surface area contributed by atoms with Crippen molar-refractivity contribution in [1.82, 2.24) is 19.9 Å². The van der Waals surface area contributed by atoms with E-state index in [9.17, 15) is 18.0 Å². The van der Waals surface area contributed by atoms with E-state index in [2.05, 4.69) is 15.3 Å². The van der Waals surface area contributed by atoms with Crippen LogP contribution in [0.25, 0.3) is 22.3 Å². The lowest BCUT2D eigenvalue weighted by Crippen LogP contribution is -2.23. The van der Waals surface area contributed by atoms with E-state index in [-0.39, 0.29) is 11.6 Å². The molecule has 3 N–H and O–H groups in total. The van der Waals surface area contributed by atoms with Gasteiger partial charge in [0.25, 0.3) is 5.91 Å². The second-order valence-corrected chi connectivity index (χ2v) is 8.69. The van der Waals surface area contributed by atoms with E-state index in [1.807, 2.05) is 30.3 Å². The summed E-state index contributed by atoms with van der Waals surface area (Å²) < 4.78 is 40.0. The quantitative estimate of drug-likeness (QED) is 0.357. The van der Waals surface area contributed by atoms with E-state index in [0.29, 0.717) is 39.5 Å². The summed E-state index contributed by atoms with van der Waals surface area (Å²) in [4.78, 5) is 28.2. The molecule has 4 rings (SSSR count). The first-order chi connectivity index (χ1) is 16.9. The molecule has 0 aliphatic heterocycles. The van der Waals surface area contributed by atoms with Crippen LogP contribution in [0.3, 0.4) is 0 Å². The highest BCUT2D eigenvalue weighted by atomic mass is 19.4. The van der Waals surface area contributed by atoms with Crippen molar-refractivity contribution in [3.05, 3.63) is 77.1 Å². The molecule has 0 spiro atoms. The molecule has 2 aromatic carbocycles. The number of hydrogen-bond acceptors (Lipinski definition) is 6. The third-order valence-corrected chi connectivity index (χ3v) is 5.64. The molecule has 0 bridgehead atoms. The number of halogens is 3. The van der Waals surface area contributed by atoms with Crippen LogP contribution >= 0.6 is 0 Å². The van der Waals surface area contributed by atoms with Crippen molar-refractivity contribution in [2.24, 2.45) is 0 Å². The van der Waals surface area contributed by atoms with Crippen molar-refractivity contribution in [2.45, 2.75) is 26.1 Å². The Morgan fingerprint density at radius 1 is 1.03 bits per heavy atom. The average Bonchev–Trinajstić information content (AvgIpc) is 2.82. The summed E-state index contributed by atoms with van der Waals surface area (Å²) in [7, 11) is 3.29. The number of carbonyl (C=O) groups is 1. The van der Waals surface area contributed by atoms with Gasteiger partial charge in [-0.3, -0.25) is 4.79 Å². The molecule has 7 nitrogen and oxygen atoms in total. The first kappa shape index (κ1) is 24.9. The summed E-state index contributed by atoms with van der Waals surface area (Å²) in [6, 6.07) is 13.8. The van der Waals surface area contributed by atoms with Gasteiger partial charge in [-0.2, -0.15) is 13.2 Å². The second kappa shape index (κ2) is 9.44. The maximum Gasteiger partial charge on any atom is 0.416 e.